The molecule has 0 aromatic carbocycles. The molecular formula is C21H24N6O2. The second-order valence-corrected chi connectivity index (χ2v) is 7.63. The molecule has 1 saturated carbocycles. The van der Waals surface area contributed by atoms with Gasteiger partial charge in [0.05, 0.1) is 5.69 Å². The molecule has 1 aliphatic carbocycles. The molecule has 3 aromatic rings. The number of hydrogen-bond donors (Lipinski definition) is 2. The summed E-state index contributed by atoms with van der Waals surface area (Å²) in [5, 5.41) is 12.5. The molecule has 1 atom stereocenters. The van der Waals surface area contributed by atoms with Gasteiger partial charge < -0.3 is 15.4 Å². The van der Waals surface area contributed by atoms with Crippen molar-refractivity contribution in [2.75, 3.05) is 24.3 Å². The molecule has 4 heterocycles. The molecule has 2 aliphatic rings. The Morgan fingerprint density at radius 1 is 1.17 bits per heavy atom. The number of carbonyl (C=O) groups is 1. The van der Waals surface area contributed by atoms with Crippen LogP contribution >= 0.6 is 0 Å². The van der Waals surface area contributed by atoms with Gasteiger partial charge in [0.1, 0.15) is 11.6 Å². The lowest BCUT2D eigenvalue weighted by Crippen LogP contribution is -2.20. The van der Waals surface area contributed by atoms with Crippen LogP contribution in [-0.2, 0) is 9.53 Å². The number of aromatic nitrogens is 4. The number of pyridine rings is 2. The van der Waals surface area contributed by atoms with Crippen LogP contribution < -0.4 is 10.6 Å². The highest BCUT2D eigenvalue weighted by atomic mass is 16.5. The molecule has 0 bridgehead atoms. The number of ether oxygens (including phenoxy) is 1. The number of nitrogens with zero attached hydrogens (tertiary/aromatic N) is 4. The van der Waals surface area contributed by atoms with Crippen molar-refractivity contribution < 1.29 is 9.53 Å². The second-order valence-electron chi connectivity index (χ2n) is 7.63. The first-order chi connectivity index (χ1) is 14.2. The van der Waals surface area contributed by atoms with E-state index >= 15 is 0 Å². The largest absolute Gasteiger partial charge is 0.373 e. The molecule has 150 valence electrons. The van der Waals surface area contributed by atoms with Gasteiger partial charge >= 0.3 is 0 Å². The van der Waals surface area contributed by atoms with Crippen molar-refractivity contribution in [2.45, 2.75) is 38.3 Å². The summed E-state index contributed by atoms with van der Waals surface area (Å²) in [6.45, 7) is 0.753. The Labute approximate surface area is 168 Å². The first-order valence-corrected chi connectivity index (χ1v) is 10.2. The van der Waals surface area contributed by atoms with Gasteiger partial charge in [0.2, 0.25) is 5.91 Å². The Hall–Kier alpha value is -3.00. The van der Waals surface area contributed by atoms with Crippen LogP contribution in [-0.4, -0.2) is 39.3 Å². The lowest BCUT2D eigenvalue weighted by atomic mass is 10.1. The third kappa shape index (κ3) is 3.44. The van der Waals surface area contributed by atoms with Gasteiger partial charge in [0.15, 0.2) is 6.23 Å². The average molecular weight is 392 g/mol. The summed E-state index contributed by atoms with van der Waals surface area (Å²) in [5.41, 5.74) is 1.89. The van der Waals surface area contributed by atoms with Gasteiger partial charge in [-0.3, -0.25) is 4.79 Å². The van der Waals surface area contributed by atoms with Crippen LogP contribution in [0, 0.1) is 5.92 Å². The van der Waals surface area contributed by atoms with Gasteiger partial charge in [0, 0.05) is 54.5 Å². The van der Waals surface area contributed by atoms with Crippen LogP contribution in [0.2, 0.25) is 0 Å². The number of nitrogens with one attached hydrogen (secondary N) is 2. The van der Waals surface area contributed by atoms with Crippen LogP contribution in [0.15, 0.2) is 30.7 Å². The first kappa shape index (κ1) is 18.1. The minimum Gasteiger partial charge on any atom is -0.373 e. The zero-order valence-electron chi connectivity index (χ0n) is 16.4. The maximum absolute atomic E-state index is 12.2. The predicted molar refractivity (Wildman–Crippen MR) is 110 cm³/mol. The fourth-order valence-corrected chi connectivity index (χ4v) is 3.85. The van der Waals surface area contributed by atoms with E-state index in [-0.39, 0.29) is 18.1 Å². The Kier molecular flexibility index (Phi) is 4.63. The standard InChI is InChI=1S/C21H24N6O2/c1-22-20-16-12-23-18(26-21(28)13-5-6-13)10-14(16)15(11-24-20)17-7-8-25-27(17)19-4-2-3-9-29-19/h7-8,10-13,19H,2-6,9H2,1H3,(H,22,24)(H,23,26,28)/t19-/m0/s1. The summed E-state index contributed by atoms with van der Waals surface area (Å²) in [4.78, 5) is 21.2. The SMILES string of the molecule is CNc1ncc(-c2ccnn2[C@@H]2CCCCO2)c2cc(NC(=O)C3CC3)ncc12. The van der Waals surface area contributed by atoms with Crippen molar-refractivity contribution in [1.82, 2.24) is 19.7 Å². The Morgan fingerprint density at radius 3 is 2.83 bits per heavy atom. The van der Waals surface area contributed by atoms with E-state index in [0.717, 1.165) is 66.6 Å². The Bertz CT molecular complexity index is 1050. The lowest BCUT2D eigenvalue weighted by molar-refractivity contribution is -0.117. The summed E-state index contributed by atoms with van der Waals surface area (Å²) in [6, 6.07) is 3.91. The molecule has 5 rings (SSSR count). The summed E-state index contributed by atoms with van der Waals surface area (Å²) < 4.78 is 7.89. The molecule has 8 nitrogen and oxygen atoms in total. The minimum absolute atomic E-state index is 0.0435. The van der Waals surface area contributed by atoms with Crippen LogP contribution in [0.3, 0.4) is 0 Å². The van der Waals surface area contributed by atoms with Crippen molar-refractivity contribution >= 4 is 28.3 Å². The van der Waals surface area contributed by atoms with E-state index < -0.39 is 0 Å². The van der Waals surface area contributed by atoms with Crippen molar-refractivity contribution in [3.8, 4) is 11.3 Å². The molecule has 0 unspecified atom stereocenters. The highest BCUT2D eigenvalue weighted by Gasteiger charge is 2.30. The second kappa shape index (κ2) is 7.44. The van der Waals surface area contributed by atoms with Gasteiger partial charge in [-0.05, 0) is 44.2 Å². The van der Waals surface area contributed by atoms with E-state index in [4.69, 9.17) is 4.74 Å². The number of amides is 1. The van der Waals surface area contributed by atoms with Gasteiger partial charge in [-0.2, -0.15) is 5.10 Å². The first-order valence-electron chi connectivity index (χ1n) is 10.2. The van der Waals surface area contributed by atoms with E-state index in [1.165, 1.54) is 0 Å². The monoisotopic (exact) mass is 392 g/mol. The average Bonchev–Trinajstić information content (AvgIpc) is 3.51. The van der Waals surface area contributed by atoms with E-state index in [1.54, 1.807) is 12.4 Å². The van der Waals surface area contributed by atoms with Gasteiger partial charge in [0.25, 0.3) is 0 Å². The molecule has 1 aliphatic heterocycles. The number of fused-ring (bicyclic) bond motifs is 1. The normalized spacial score (nSPS) is 19.3. The third-order valence-electron chi connectivity index (χ3n) is 5.58. The number of anilines is 2. The van der Waals surface area contributed by atoms with Crippen molar-refractivity contribution in [2.24, 2.45) is 5.92 Å². The zero-order chi connectivity index (χ0) is 19.8. The highest BCUT2D eigenvalue weighted by molar-refractivity contribution is 6.03. The molecule has 3 aromatic heterocycles. The smallest absolute Gasteiger partial charge is 0.228 e. The van der Waals surface area contributed by atoms with E-state index in [2.05, 4.69) is 25.7 Å². The van der Waals surface area contributed by atoms with Gasteiger partial charge in [-0.1, -0.05) is 0 Å². The van der Waals surface area contributed by atoms with Crippen molar-refractivity contribution in [3.05, 3.63) is 30.7 Å². The number of rotatable bonds is 5. The van der Waals surface area contributed by atoms with E-state index in [9.17, 15) is 4.79 Å². The molecule has 2 fully saturated rings. The van der Waals surface area contributed by atoms with Gasteiger partial charge in [-0.15, -0.1) is 0 Å². The van der Waals surface area contributed by atoms with Gasteiger partial charge in [-0.25, -0.2) is 14.6 Å². The molecule has 8 heteroatoms. The molecular weight excluding hydrogens is 368 g/mol. The minimum atomic E-state index is -0.0661. The summed E-state index contributed by atoms with van der Waals surface area (Å²) >= 11 is 0. The molecule has 0 radical (unpaired) electrons. The van der Waals surface area contributed by atoms with Crippen molar-refractivity contribution in [3.63, 3.8) is 0 Å². The number of carbonyl (C=O) groups excluding carboxylic acids is 1. The third-order valence-corrected chi connectivity index (χ3v) is 5.58. The fourth-order valence-electron chi connectivity index (χ4n) is 3.85. The molecule has 1 saturated heterocycles. The summed E-state index contributed by atoms with van der Waals surface area (Å²) in [6.07, 6.45) is 10.4. The van der Waals surface area contributed by atoms with E-state index in [1.807, 2.05) is 30.1 Å². The maximum atomic E-state index is 12.2. The maximum Gasteiger partial charge on any atom is 0.228 e. The number of hydrogen-bond acceptors (Lipinski definition) is 6. The van der Waals surface area contributed by atoms with E-state index in [0.29, 0.717) is 5.82 Å². The summed E-state index contributed by atoms with van der Waals surface area (Å²) in [7, 11) is 1.84. The zero-order valence-corrected chi connectivity index (χ0v) is 16.4. The molecule has 2 N–H and O–H groups in total. The molecule has 29 heavy (non-hydrogen) atoms. The molecule has 0 spiro atoms. The predicted octanol–water partition coefficient (Wildman–Crippen LogP) is 3.58. The van der Waals surface area contributed by atoms with Crippen LogP contribution in [0.1, 0.15) is 38.3 Å². The van der Waals surface area contributed by atoms with Crippen LogP contribution in [0.5, 0.6) is 0 Å². The highest BCUT2D eigenvalue weighted by Crippen LogP contribution is 2.35. The fraction of sp³-hybridized carbons (Fsp3) is 0.429. The quantitative estimate of drug-likeness (QED) is 0.689. The topological polar surface area (TPSA) is 94.0 Å². The summed E-state index contributed by atoms with van der Waals surface area (Å²) in [5.74, 6) is 1.48. The molecule has 1 amide bonds. The lowest BCUT2D eigenvalue weighted by Gasteiger charge is -2.25. The van der Waals surface area contributed by atoms with Crippen LogP contribution in [0.4, 0.5) is 11.6 Å². The van der Waals surface area contributed by atoms with Crippen LogP contribution in [0.25, 0.3) is 22.0 Å². The Morgan fingerprint density at radius 2 is 2.07 bits per heavy atom. The van der Waals surface area contributed by atoms with Crippen molar-refractivity contribution in [1.29, 1.82) is 0 Å². The Balaban J connectivity index is 1.59.